The first-order chi connectivity index (χ1) is 23.7. The van der Waals surface area contributed by atoms with Crippen LogP contribution in [0.2, 0.25) is 0 Å². The van der Waals surface area contributed by atoms with Crippen LogP contribution < -0.4 is 0 Å². The molecule has 0 fully saturated rings. The molecule has 4 aromatic heterocycles. The molecule has 3 aromatic carbocycles. The van der Waals surface area contributed by atoms with Crippen molar-refractivity contribution in [2.24, 2.45) is 0 Å². The number of aromatic nitrogens is 4. The fraction of sp³-hybridized carbons (Fsp3) is 0.356. The van der Waals surface area contributed by atoms with E-state index in [0.717, 1.165) is 62.9 Å². The molecule has 0 saturated carbocycles. The molecule has 0 amide bonds. The third-order valence-corrected chi connectivity index (χ3v) is 9.88. The van der Waals surface area contributed by atoms with Gasteiger partial charge in [-0.2, -0.15) is 0 Å². The summed E-state index contributed by atoms with van der Waals surface area (Å²) >= 11 is 0. The first-order valence-electron chi connectivity index (χ1n) is 17.9. The van der Waals surface area contributed by atoms with E-state index in [0.29, 0.717) is 0 Å². The maximum atomic E-state index is 6.51. The largest absolute Gasteiger partial charge is 0.498 e. The molecule has 1 aliphatic rings. The van der Waals surface area contributed by atoms with E-state index in [2.05, 4.69) is 144 Å². The second kappa shape index (κ2) is 13.8. The van der Waals surface area contributed by atoms with Crippen LogP contribution in [0, 0.1) is 12.1 Å². The average molecular weight is 853 g/mol. The quantitative estimate of drug-likeness (QED) is 0.163. The van der Waals surface area contributed by atoms with E-state index in [1.54, 1.807) is 0 Å². The van der Waals surface area contributed by atoms with Crippen molar-refractivity contribution in [2.75, 3.05) is 0 Å². The summed E-state index contributed by atoms with van der Waals surface area (Å²) in [5.74, 6) is 1.18. The van der Waals surface area contributed by atoms with Crippen LogP contribution in [0.25, 0.3) is 55.5 Å². The second-order valence-electron chi connectivity index (χ2n) is 16.7. The van der Waals surface area contributed by atoms with E-state index < -0.39 is 0 Å². The Morgan fingerprint density at radius 2 is 1.25 bits per heavy atom. The number of fused-ring (bicyclic) bond motifs is 7. The minimum Gasteiger partial charge on any atom is -0.498 e. The van der Waals surface area contributed by atoms with E-state index in [9.17, 15) is 0 Å². The Labute approximate surface area is 316 Å². The number of imidazole rings is 1. The van der Waals surface area contributed by atoms with Gasteiger partial charge in [0.25, 0.3) is 0 Å². The molecule has 0 N–H and O–H groups in total. The first-order valence-corrected chi connectivity index (χ1v) is 17.9. The van der Waals surface area contributed by atoms with Crippen LogP contribution in [-0.4, -0.2) is 19.5 Å². The SMILES string of the molecule is CC(C)(C)c1cc[c-]c(-c2cc(C(C)(C)C)ccn2)c1.CC(C)(C)c1ccnc(-c2[c-]ccc3c2oc2c3ccc3c2nc2n3CCCC2)c1.[Ir]. The smallest absolute Gasteiger partial charge is 0.148 e. The number of furan rings is 1. The molecule has 7 aromatic rings. The molecule has 8 rings (SSSR count). The van der Waals surface area contributed by atoms with Gasteiger partial charge in [0, 0.05) is 50.9 Å². The second-order valence-corrected chi connectivity index (χ2v) is 16.7. The molecule has 0 spiro atoms. The molecule has 0 saturated heterocycles. The van der Waals surface area contributed by atoms with E-state index in [4.69, 9.17) is 9.40 Å². The van der Waals surface area contributed by atoms with Crippen molar-refractivity contribution in [3.05, 3.63) is 114 Å². The number of hydrogen-bond acceptors (Lipinski definition) is 4. The maximum absolute atomic E-state index is 6.51. The Bertz CT molecular complexity index is 2290. The van der Waals surface area contributed by atoms with Gasteiger partial charge in [0.2, 0.25) is 0 Å². The average Bonchev–Trinajstić information content (AvgIpc) is 3.66. The van der Waals surface area contributed by atoms with Crippen LogP contribution in [-0.2, 0) is 49.3 Å². The summed E-state index contributed by atoms with van der Waals surface area (Å²) in [6.07, 6.45) is 7.24. The first kappa shape index (κ1) is 36.7. The zero-order chi connectivity index (χ0) is 35.4. The van der Waals surface area contributed by atoms with E-state index >= 15 is 0 Å². The Hall–Kier alpha value is -4.12. The fourth-order valence-corrected chi connectivity index (χ4v) is 6.78. The number of rotatable bonds is 2. The predicted molar refractivity (Wildman–Crippen MR) is 207 cm³/mol. The number of pyridine rings is 2. The predicted octanol–water partition coefficient (Wildman–Crippen LogP) is 11.6. The van der Waals surface area contributed by atoms with Crippen molar-refractivity contribution in [3.63, 3.8) is 0 Å². The monoisotopic (exact) mass is 853 g/mol. The van der Waals surface area contributed by atoms with E-state index in [1.807, 2.05) is 24.5 Å². The van der Waals surface area contributed by atoms with Crippen LogP contribution >= 0.6 is 0 Å². The van der Waals surface area contributed by atoms with Gasteiger partial charge in [-0.3, -0.25) is 0 Å². The van der Waals surface area contributed by atoms with Crippen molar-refractivity contribution in [1.29, 1.82) is 0 Å². The van der Waals surface area contributed by atoms with Gasteiger partial charge < -0.3 is 19.0 Å². The number of nitrogens with zero attached hydrogens (tertiary/aromatic N) is 4. The van der Waals surface area contributed by atoms with Gasteiger partial charge in [0.05, 0.1) is 11.1 Å². The molecule has 0 aliphatic carbocycles. The molecule has 0 atom stereocenters. The number of aryl methyl sites for hydroxylation is 2. The molecular weight excluding hydrogens is 805 g/mol. The van der Waals surface area contributed by atoms with Crippen molar-refractivity contribution < 1.29 is 24.5 Å². The normalized spacial score (nSPS) is 13.5. The number of hydrogen-bond donors (Lipinski definition) is 0. The molecule has 5 nitrogen and oxygen atoms in total. The van der Waals surface area contributed by atoms with Gasteiger partial charge in [0.1, 0.15) is 16.9 Å². The standard InChI is InChI=1S/C26H24N3O.C19H24N.Ir/c1-26(2,3)16-12-13-27-20(15-16)19-8-6-7-17-18-10-11-21-23(25(18)30-24(17)19)28-22-9-4-5-14-29(21)22;1-18(2,3)15-9-7-8-14(12-15)17-13-16(10-11-20-17)19(4,5)6;/h6-7,10-13,15H,4-5,9,14H2,1-3H3;7,9-13H,1-6H3;/q2*-1;. The summed E-state index contributed by atoms with van der Waals surface area (Å²) in [6.45, 7) is 21.0. The van der Waals surface area contributed by atoms with Gasteiger partial charge in [-0.25, -0.2) is 4.98 Å². The van der Waals surface area contributed by atoms with Crippen molar-refractivity contribution in [1.82, 2.24) is 19.5 Å². The molecule has 5 heterocycles. The van der Waals surface area contributed by atoms with Crippen LogP contribution in [0.15, 0.2) is 83.5 Å². The molecule has 51 heavy (non-hydrogen) atoms. The van der Waals surface area contributed by atoms with E-state index in [-0.39, 0.29) is 36.4 Å². The third kappa shape index (κ3) is 7.32. The Balaban J connectivity index is 0.000000188. The summed E-state index contributed by atoms with van der Waals surface area (Å²) in [6, 6.07) is 30.0. The van der Waals surface area contributed by atoms with E-state index in [1.165, 1.54) is 40.9 Å². The third-order valence-electron chi connectivity index (χ3n) is 9.88. The van der Waals surface area contributed by atoms with Crippen LogP contribution in [0.1, 0.15) is 97.7 Å². The van der Waals surface area contributed by atoms with Crippen molar-refractivity contribution in [3.8, 4) is 22.5 Å². The molecule has 0 unspecified atom stereocenters. The Morgan fingerprint density at radius 3 is 1.94 bits per heavy atom. The van der Waals surface area contributed by atoms with Crippen LogP contribution in [0.5, 0.6) is 0 Å². The molecule has 1 radical (unpaired) electrons. The van der Waals surface area contributed by atoms with Gasteiger partial charge in [-0.05, 0) is 75.9 Å². The van der Waals surface area contributed by atoms with Crippen LogP contribution in [0.3, 0.4) is 0 Å². The summed E-state index contributed by atoms with van der Waals surface area (Å²) in [7, 11) is 0. The summed E-state index contributed by atoms with van der Waals surface area (Å²) in [4.78, 5) is 14.1. The minimum absolute atomic E-state index is 0. The van der Waals surface area contributed by atoms with Crippen LogP contribution in [0.4, 0.5) is 0 Å². The van der Waals surface area contributed by atoms with Crippen molar-refractivity contribution >= 4 is 33.0 Å². The van der Waals surface area contributed by atoms with Gasteiger partial charge in [-0.1, -0.05) is 85.4 Å². The molecule has 6 heteroatoms. The summed E-state index contributed by atoms with van der Waals surface area (Å²) < 4.78 is 8.86. The summed E-state index contributed by atoms with van der Waals surface area (Å²) in [5.41, 5.74) is 11.9. The van der Waals surface area contributed by atoms with Gasteiger partial charge in [-0.15, -0.1) is 53.6 Å². The van der Waals surface area contributed by atoms with Gasteiger partial charge in [0.15, 0.2) is 0 Å². The topological polar surface area (TPSA) is 56.7 Å². The summed E-state index contributed by atoms with van der Waals surface area (Å²) in [5, 5.41) is 2.20. The minimum atomic E-state index is 0. The molecule has 0 bridgehead atoms. The molecular formula is C45H48IrN4O-2. The zero-order valence-electron chi connectivity index (χ0n) is 31.4. The Kier molecular flexibility index (Phi) is 9.91. The number of benzene rings is 3. The molecule has 265 valence electrons. The van der Waals surface area contributed by atoms with Gasteiger partial charge >= 0.3 is 0 Å². The Morgan fingerprint density at radius 1 is 0.647 bits per heavy atom. The van der Waals surface area contributed by atoms with Crippen molar-refractivity contribution in [2.45, 2.75) is 104 Å². The molecule has 1 aliphatic heterocycles. The fourth-order valence-electron chi connectivity index (χ4n) is 6.78. The maximum Gasteiger partial charge on any atom is 0.148 e. The zero-order valence-corrected chi connectivity index (χ0v) is 33.8.